The zero-order chi connectivity index (χ0) is 22.4. The van der Waals surface area contributed by atoms with Crippen molar-refractivity contribution in [3.63, 3.8) is 0 Å². The number of hydrogen-bond acceptors (Lipinski definition) is 8. The molecule has 0 saturated heterocycles. The van der Waals surface area contributed by atoms with E-state index >= 15 is 0 Å². The molecule has 1 heterocycles. The molecule has 0 fully saturated rings. The third kappa shape index (κ3) is 6.26. The summed E-state index contributed by atoms with van der Waals surface area (Å²) in [5.74, 6) is -0.113. The van der Waals surface area contributed by atoms with Gasteiger partial charge in [-0.15, -0.1) is 10.2 Å². The van der Waals surface area contributed by atoms with Crippen LogP contribution in [-0.2, 0) is 21.4 Å². The number of amides is 1. The van der Waals surface area contributed by atoms with Crippen molar-refractivity contribution in [2.45, 2.75) is 23.6 Å². The van der Waals surface area contributed by atoms with E-state index in [0.717, 1.165) is 11.8 Å². The van der Waals surface area contributed by atoms with E-state index in [9.17, 15) is 17.6 Å². The average molecular weight is 467 g/mol. The lowest BCUT2D eigenvalue weighted by Crippen LogP contribution is -2.20. The summed E-state index contributed by atoms with van der Waals surface area (Å²) in [4.78, 5) is 12.3. The van der Waals surface area contributed by atoms with E-state index in [1.807, 2.05) is 0 Å². The molecule has 9 nitrogen and oxygen atoms in total. The first-order chi connectivity index (χ1) is 14.8. The Morgan fingerprint density at radius 3 is 2.65 bits per heavy atom. The lowest BCUT2D eigenvalue weighted by atomic mass is 10.2. The van der Waals surface area contributed by atoms with Crippen molar-refractivity contribution in [3.8, 4) is 5.75 Å². The third-order valence-electron chi connectivity index (χ3n) is 3.98. The number of carbonyl (C=O) groups is 1. The second kappa shape index (κ2) is 9.90. The van der Waals surface area contributed by atoms with Gasteiger partial charge in [0.05, 0.1) is 10.6 Å². The van der Waals surface area contributed by atoms with Crippen molar-refractivity contribution in [2.75, 3.05) is 18.1 Å². The number of halogens is 1. The van der Waals surface area contributed by atoms with Crippen LogP contribution in [0.5, 0.6) is 5.75 Å². The second-order valence-electron chi connectivity index (χ2n) is 6.23. The summed E-state index contributed by atoms with van der Waals surface area (Å²) in [5, 5.41) is 10.5. The molecule has 1 aromatic heterocycles. The van der Waals surface area contributed by atoms with E-state index in [1.165, 1.54) is 37.4 Å². The minimum atomic E-state index is -3.64. The first-order valence-corrected chi connectivity index (χ1v) is 11.4. The number of carbonyl (C=O) groups excluding carboxylic acids is 1. The summed E-state index contributed by atoms with van der Waals surface area (Å²) < 4.78 is 50.1. The van der Waals surface area contributed by atoms with Gasteiger partial charge in [0.15, 0.2) is 6.61 Å². The number of aromatic nitrogens is 2. The highest BCUT2D eigenvalue weighted by molar-refractivity contribution is 7.99. The lowest BCUT2D eigenvalue weighted by molar-refractivity contribution is -0.113. The highest BCUT2D eigenvalue weighted by atomic mass is 32.2. The molecule has 1 amide bonds. The molecule has 0 aliphatic heterocycles. The van der Waals surface area contributed by atoms with Gasteiger partial charge in [0.1, 0.15) is 11.6 Å². The van der Waals surface area contributed by atoms with Crippen molar-refractivity contribution in [2.24, 2.45) is 0 Å². The van der Waals surface area contributed by atoms with Crippen LogP contribution < -0.4 is 14.8 Å². The molecule has 3 rings (SSSR count). The van der Waals surface area contributed by atoms with Crippen molar-refractivity contribution in [1.29, 1.82) is 0 Å². The summed E-state index contributed by atoms with van der Waals surface area (Å²) in [7, 11) is -2.32. The van der Waals surface area contributed by atoms with E-state index in [4.69, 9.17) is 9.15 Å². The summed E-state index contributed by atoms with van der Waals surface area (Å²) in [5.41, 5.74) is 0.909. The normalized spacial score (nSPS) is 11.3. The number of anilines is 1. The third-order valence-corrected chi connectivity index (χ3v) is 6.36. The molecular weight excluding hydrogens is 447 g/mol. The molecule has 3 aromatic rings. The Bertz CT molecular complexity index is 1170. The molecule has 0 aliphatic carbocycles. The minimum Gasteiger partial charge on any atom is -0.484 e. The minimum absolute atomic E-state index is 0.00251. The Balaban J connectivity index is 1.52. The molecule has 0 saturated carbocycles. The molecular formula is C19H19FN4O5S2. The maximum Gasteiger partial charge on any atom is 0.277 e. The fourth-order valence-corrected chi connectivity index (χ4v) is 4.01. The number of nitrogens with zero attached hydrogens (tertiary/aromatic N) is 2. The Morgan fingerprint density at radius 1 is 1.19 bits per heavy atom. The largest absolute Gasteiger partial charge is 0.484 e. The highest BCUT2D eigenvalue weighted by Crippen LogP contribution is 2.21. The van der Waals surface area contributed by atoms with Crippen LogP contribution in [0.2, 0.25) is 0 Å². The molecule has 0 atom stereocenters. The first-order valence-electron chi connectivity index (χ1n) is 8.94. The number of sulfonamides is 1. The molecule has 2 aromatic carbocycles. The predicted molar refractivity (Wildman–Crippen MR) is 112 cm³/mol. The van der Waals surface area contributed by atoms with Gasteiger partial charge in [0.25, 0.3) is 11.1 Å². The first kappa shape index (κ1) is 22.7. The van der Waals surface area contributed by atoms with Crippen molar-refractivity contribution < 1.29 is 26.8 Å². The van der Waals surface area contributed by atoms with Gasteiger partial charge in [-0.3, -0.25) is 4.79 Å². The van der Waals surface area contributed by atoms with Crippen molar-refractivity contribution >= 4 is 33.4 Å². The fourth-order valence-electron chi connectivity index (χ4n) is 2.43. The maximum atomic E-state index is 12.9. The monoisotopic (exact) mass is 466 g/mol. The number of ether oxygens (including phenoxy) is 1. The van der Waals surface area contributed by atoms with Gasteiger partial charge in [-0.2, -0.15) is 0 Å². The molecule has 12 heteroatoms. The quantitative estimate of drug-likeness (QED) is 0.462. The number of rotatable bonds is 9. The number of benzene rings is 2. The van der Waals surface area contributed by atoms with Crippen LogP contribution in [-0.4, -0.2) is 37.3 Å². The lowest BCUT2D eigenvalue weighted by Gasteiger charge is -2.10. The second-order valence-corrected chi connectivity index (χ2v) is 9.01. The van der Waals surface area contributed by atoms with Gasteiger partial charge < -0.3 is 14.5 Å². The van der Waals surface area contributed by atoms with Gasteiger partial charge in [-0.05, 0) is 55.9 Å². The van der Waals surface area contributed by atoms with Gasteiger partial charge in [-0.25, -0.2) is 17.5 Å². The van der Waals surface area contributed by atoms with Crippen LogP contribution in [0, 0.1) is 12.7 Å². The van der Waals surface area contributed by atoms with E-state index < -0.39 is 10.0 Å². The van der Waals surface area contributed by atoms with E-state index in [-0.39, 0.29) is 40.1 Å². The van der Waals surface area contributed by atoms with E-state index in [0.29, 0.717) is 17.0 Å². The fraction of sp³-hybridized carbons (Fsp3) is 0.211. The standard InChI is InChI=1S/C19H19FN4O5S2/c1-12-3-6-14(9-16(12)31(26,27)21-2)22-17(25)11-30-19-24-23-18(29-19)10-28-15-7-4-13(20)5-8-15/h3-9,21H,10-11H2,1-2H3,(H,22,25). The van der Waals surface area contributed by atoms with E-state index in [2.05, 4.69) is 20.2 Å². The molecule has 0 bridgehead atoms. The predicted octanol–water partition coefficient (Wildman–Crippen LogP) is 2.74. The Hall–Kier alpha value is -2.96. The van der Waals surface area contributed by atoms with Crippen LogP contribution in [0.4, 0.5) is 10.1 Å². The van der Waals surface area contributed by atoms with Crippen LogP contribution >= 0.6 is 11.8 Å². The number of nitrogens with one attached hydrogen (secondary N) is 2. The molecule has 164 valence electrons. The van der Waals surface area contributed by atoms with Crippen molar-refractivity contribution in [3.05, 3.63) is 59.7 Å². The topological polar surface area (TPSA) is 123 Å². The Morgan fingerprint density at radius 2 is 1.94 bits per heavy atom. The SMILES string of the molecule is CNS(=O)(=O)c1cc(NC(=O)CSc2nnc(COc3ccc(F)cc3)o2)ccc1C. The molecule has 0 unspecified atom stereocenters. The molecule has 0 spiro atoms. The summed E-state index contributed by atoms with van der Waals surface area (Å²) in [6.45, 7) is 1.66. The van der Waals surface area contributed by atoms with Gasteiger partial charge in [0, 0.05) is 5.69 Å². The van der Waals surface area contributed by atoms with Gasteiger partial charge in [-0.1, -0.05) is 17.8 Å². The summed E-state index contributed by atoms with van der Waals surface area (Å²) in [6, 6.07) is 10.1. The van der Waals surface area contributed by atoms with Crippen LogP contribution in [0.1, 0.15) is 11.5 Å². The van der Waals surface area contributed by atoms with Gasteiger partial charge >= 0.3 is 0 Å². The zero-order valence-corrected chi connectivity index (χ0v) is 18.2. The average Bonchev–Trinajstić information content (AvgIpc) is 3.21. The highest BCUT2D eigenvalue weighted by Gasteiger charge is 2.16. The maximum absolute atomic E-state index is 12.9. The number of thioether (sulfide) groups is 1. The number of hydrogen-bond donors (Lipinski definition) is 2. The summed E-state index contributed by atoms with van der Waals surface area (Å²) in [6.07, 6.45) is 0. The van der Waals surface area contributed by atoms with Gasteiger partial charge in [0.2, 0.25) is 15.9 Å². The summed E-state index contributed by atoms with van der Waals surface area (Å²) >= 11 is 1.02. The molecule has 0 radical (unpaired) electrons. The smallest absolute Gasteiger partial charge is 0.277 e. The van der Waals surface area contributed by atoms with Crippen LogP contribution in [0.15, 0.2) is 57.0 Å². The van der Waals surface area contributed by atoms with Crippen LogP contribution in [0.25, 0.3) is 0 Å². The Kier molecular flexibility index (Phi) is 7.25. The van der Waals surface area contributed by atoms with Crippen LogP contribution in [0.3, 0.4) is 0 Å². The van der Waals surface area contributed by atoms with Crippen molar-refractivity contribution in [1.82, 2.24) is 14.9 Å². The zero-order valence-electron chi connectivity index (χ0n) is 16.6. The van der Waals surface area contributed by atoms with E-state index in [1.54, 1.807) is 19.1 Å². The number of aryl methyl sites for hydroxylation is 1. The molecule has 31 heavy (non-hydrogen) atoms. The Labute approximate surface area is 182 Å². The molecule has 0 aliphatic rings. The molecule has 2 N–H and O–H groups in total.